The first kappa shape index (κ1) is 23.2. The third kappa shape index (κ3) is 6.77. The average Bonchev–Trinajstić information content (AvgIpc) is 2.82. The van der Waals surface area contributed by atoms with E-state index in [1.165, 1.54) is 0 Å². The van der Waals surface area contributed by atoms with E-state index in [1.807, 2.05) is 24.3 Å². The predicted molar refractivity (Wildman–Crippen MR) is 124 cm³/mol. The molecule has 2 aromatic carbocycles. The highest BCUT2D eigenvalue weighted by molar-refractivity contribution is 5.80. The number of carbonyl (C=O) groups is 1. The fourth-order valence-corrected chi connectivity index (χ4v) is 2.93. The minimum Gasteiger partial charge on any atom is -0.494 e. The zero-order chi connectivity index (χ0) is 23.5. The minimum atomic E-state index is -0.553. The Labute approximate surface area is 190 Å². The number of aromatic amines is 1. The summed E-state index contributed by atoms with van der Waals surface area (Å²) < 4.78 is 10.6. The molecule has 9 heteroatoms. The van der Waals surface area contributed by atoms with Gasteiger partial charge in [0.2, 0.25) is 5.95 Å². The van der Waals surface area contributed by atoms with Crippen LogP contribution in [0.1, 0.15) is 30.9 Å². The highest BCUT2D eigenvalue weighted by Gasteiger charge is 2.12. The second-order valence-corrected chi connectivity index (χ2v) is 6.82. The maximum absolute atomic E-state index is 12.3. The topological polar surface area (TPSA) is 129 Å². The number of rotatable bonds is 10. The van der Waals surface area contributed by atoms with E-state index in [9.17, 15) is 14.9 Å². The van der Waals surface area contributed by atoms with Crippen molar-refractivity contribution in [1.82, 2.24) is 9.97 Å². The molecule has 0 radical (unpaired) electrons. The van der Waals surface area contributed by atoms with Gasteiger partial charge in [-0.3, -0.25) is 14.6 Å². The third-order valence-corrected chi connectivity index (χ3v) is 4.42. The number of nitriles is 1. The van der Waals surface area contributed by atoms with Crippen molar-refractivity contribution in [3.05, 3.63) is 76.1 Å². The van der Waals surface area contributed by atoms with Crippen LogP contribution < -0.4 is 15.7 Å². The number of ether oxygens (including phenoxy) is 2. The second kappa shape index (κ2) is 11.8. The highest BCUT2D eigenvalue weighted by atomic mass is 16.5. The lowest BCUT2D eigenvalue weighted by Crippen LogP contribution is -2.16. The van der Waals surface area contributed by atoms with Crippen LogP contribution in [0.3, 0.4) is 0 Å². The van der Waals surface area contributed by atoms with E-state index in [4.69, 9.17) is 9.47 Å². The van der Waals surface area contributed by atoms with Crippen molar-refractivity contribution >= 4 is 18.1 Å². The predicted octanol–water partition coefficient (Wildman–Crippen LogP) is 3.48. The van der Waals surface area contributed by atoms with E-state index in [-0.39, 0.29) is 23.2 Å². The number of carbonyl (C=O) groups excluding carboxylic acids is 1. The van der Waals surface area contributed by atoms with Crippen molar-refractivity contribution in [2.24, 2.45) is 5.10 Å². The molecule has 3 rings (SSSR count). The second-order valence-electron chi connectivity index (χ2n) is 6.82. The number of nitrogens with one attached hydrogen (secondary N) is 2. The molecule has 0 atom stereocenters. The standard InChI is InChI=1S/C24H23N5O4/c1-2-32-21(30)12-7-13-33-19-11-6-8-17(14-19)16-26-29-24-27-22(18-9-4-3-5-10-18)20(15-25)23(31)28-24/h3-6,8-11,14,16H,2,7,12-13H2,1H3,(H2,27,28,29,31). The zero-order valence-electron chi connectivity index (χ0n) is 18.1. The maximum Gasteiger partial charge on any atom is 0.305 e. The largest absolute Gasteiger partial charge is 0.494 e. The van der Waals surface area contributed by atoms with Gasteiger partial charge in [-0.15, -0.1) is 0 Å². The van der Waals surface area contributed by atoms with Crippen molar-refractivity contribution in [2.75, 3.05) is 18.6 Å². The van der Waals surface area contributed by atoms with Gasteiger partial charge in [-0.05, 0) is 31.0 Å². The fourth-order valence-electron chi connectivity index (χ4n) is 2.93. The molecule has 0 aliphatic rings. The summed E-state index contributed by atoms with van der Waals surface area (Å²) in [6.07, 6.45) is 2.41. The lowest BCUT2D eigenvalue weighted by Gasteiger charge is -2.07. The minimum absolute atomic E-state index is 0.0662. The lowest BCUT2D eigenvalue weighted by atomic mass is 10.1. The Hall–Kier alpha value is -4.45. The molecule has 0 fully saturated rings. The number of anilines is 1. The molecule has 1 aromatic heterocycles. The normalized spacial score (nSPS) is 10.5. The first-order valence-corrected chi connectivity index (χ1v) is 10.4. The molecule has 33 heavy (non-hydrogen) atoms. The van der Waals surface area contributed by atoms with Crippen molar-refractivity contribution in [3.63, 3.8) is 0 Å². The van der Waals surface area contributed by atoms with E-state index in [0.717, 1.165) is 5.56 Å². The van der Waals surface area contributed by atoms with Crippen LogP contribution >= 0.6 is 0 Å². The maximum atomic E-state index is 12.3. The van der Waals surface area contributed by atoms with Gasteiger partial charge in [-0.1, -0.05) is 42.5 Å². The smallest absolute Gasteiger partial charge is 0.305 e. The van der Waals surface area contributed by atoms with Gasteiger partial charge in [0, 0.05) is 12.0 Å². The number of hydrazone groups is 1. The van der Waals surface area contributed by atoms with Crippen molar-refractivity contribution in [2.45, 2.75) is 19.8 Å². The summed E-state index contributed by atoms with van der Waals surface area (Å²) in [6.45, 7) is 2.53. The fraction of sp³-hybridized carbons (Fsp3) is 0.208. The van der Waals surface area contributed by atoms with E-state index >= 15 is 0 Å². The van der Waals surface area contributed by atoms with Gasteiger partial charge in [0.25, 0.3) is 5.56 Å². The molecule has 0 unspecified atom stereocenters. The van der Waals surface area contributed by atoms with Gasteiger partial charge in [-0.25, -0.2) is 10.4 Å². The number of aromatic nitrogens is 2. The van der Waals surface area contributed by atoms with Gasteiger partial charge in [0.15, 0.2) is 0 Å². The molecule has 1 heterocycles. The van der Waals surface area contributed by atoms with Gasteiger partial charge in [-0.2, -0.15) is 10.4 Å². The first-order chi connectivity index (χ1) is 16.1. The van der Waals surface area contributed by atoms with Gasteiger partial charge in [0.05, 0.1) is 25.1 Å². The zero-order valence-corrected chi connectivity index (χ0v) is 18.1. The Kier molecular flexibility index (Phi) is 8.31. The monoisotopic (exact) mass is 445 g/mol. The molecule has 0 aliphatic heterocycles. The third-order valence-electron chi connectivity index (χ3n) is 4.42. The Bertz CT molecular complexity index is 1220. The Balaban J connectivity index is 1.64. The first-order valence-electron chi connectivity index (χ1n) is 10.4. The summed E-state index contributed by atoms with van der Waals surface area (Å²) in [7, 11) is 0. The number of benzene rings is 2. The molecule has 0 amide bonds. The summed E-state index contributed by atoms with van der Waals surface area (Å²) in [5.41, 5.74) is 3.76. The van der Waals surface area contributed by atoms with E-state index in [1.54, 1.807) is 49.5 Å². The number of H-pyrrole nitrogens is 1. The van der Waals surface area contributed by atoms with Crippen LogP contribution in [-0.4, -0.2) is 35.4 Å². The molecule has 0 bridgehead atoms. The quantitative estimate of drug-likeness (QED) is 0.211. The molecule has 9 nitrogen and oxygen atoms in total. The van der Waals surface area contributed by atoms with E-state index < -0.39 is 5.56 Å². The molecule has 0 spiro atoms. The number of hydrogen-bond acceptors (Lipinski definition) is 8. The summed E-state index contributed by atoms with van der Waals surface area (Å²) in [4.78, 5) is 30.5. The van der Waals surface area contributed by atoms with Crippen LogP contribution in [-0.2, 0) is 9.53 Å². The number of hydrogen-bond donors (Lipinski definition) is 2. The molecular weight excluding hydrogens is 422 g/mol. The lowest BCUT2D eigenvalue weighted by molar-refractivity contribution is -0.143. The van der Waals surface area contributed by atoms with Gasteiger partial charge >= 0.3 is 5.97 Å². The summed E-state index contributed by atoms with van der Waals surface area (Å²) in [5.74, 6) is 0.512. The number of nitrogens with zero attached hydrogens (tertiary/aromatic N) is 3. The van der Waals surface area contributed by atoms with E-state index in [0.29, 0.717) is 37.4 Å². The average molecular weight is 445 g/mol. The molecular formula is C24H23N5O4. The molecule has 3 aromatic rings. The van der Waals surface area contributed by atoms with Crippen LogP contribution in [0.15, 0.2) is 64.5 Å². The van der Waals surface area contributed by atoms with Crippen LogP contribution in [0.4, 0.5) is 5.95 Å². The molecule has 0 aliphatic carbocycles. The van der Waals surface area contributed by atoms with Crippen molar-refractivity contribution in [3.8, 4) is 23.1 Å². The van der Waals surface area contributed by atoms with Crippen LogP contribution in [0.25, 0.3) is 11.3 Å². The summed E-state index contributed by atoms with van der Waals surface area (Å²) >= 11 is 0. The van der Waals surface area contributed by atoms with Gasteiger partial charge in [0.1, 0.15) is 17.4 Å². The Morgan fingerprint density at radius 1 is 1.24 bits per heavy atom. The Morgan fingerprint density at radius 3 is 2.82 bits per heavy atom. The van der Waals surface area contributed by atoms with Crippen LogP contribution in [0, 0.1) is 11.3 Å². The molecule has 0 saturated carbocycles. The SMILES string of the molecule is CCOC(=O)CCCOc1cccc(C=NNc2nc(-c3ccccc3)c(C#N)c(=O)[nH]2)c1. The van der Waals surface area contributed by atoms with Crippen LogP contribution in [0.5, 0.6) is 5.75 Å². The summed E-state index contributed by atoms with van der Waals surface area (Å²) in [6, 6.07) is 18.1. The van der Waals surface area contributed by atoms with Gasteiger partial charge < -0.3 is 9.47 Å². The van der Waals surface area contributed by atoms with Crippen molar-refractivity contribution < 1.29 is 14.3 Å². The number of esters is 1. The molecule has 2 N–H and O–H groups in total. The Morgan fingerprint density at radius 2 is 2.06 bits per heavy atom. The summed E-state index contributed by atoms with van der Waals surface area (Å²) in [5, 5.41) is 13.5. The molecule has 168 valence electrons. The van der Waals surface area contributed by atoms with Crippen LogP contribution in [0.2, 0.25) is 0 Å². The highest BCUT2D eigenvalue weighted by Crippen LogP contribution is 2.19. The molecule has 0 saturated heterocycles. The van der Waals surface area contributed by atoms with E-state index in [2.05, 4.69) is 20.5 Å². The van der Waals surface area contributed by atoms with Crippen molar-refractivity contribution in [1.29, 1.82) is 5.26 Å².